The minimum atomic E-state index is -0.695. The molecule has 2 N–H and O–H groups in total. The smallest absolute Gasteiger partial charge is 0.256 e. The number of hydrogen-bond donors (Lipinski definition) is 2. The number of hydrogen-bond acceptors (Lipinski definition) is 3. The fourth-order valence-electron chi connectivity index (χ4n) is 3.52. The molecule has 24 heavy (non-hydrogen) atoms. The molecule has 0 bridgehead atoms. The van der Waals surface area contributed by atoms with Crippen molar-refractivity contribution in [2.75, 3.05) is 32.7 Å². The number of aromatic amines is 1. The topological polar surface area (TPSA) is 59.6 Å². The van der Waals surface area contributed by atoms with Crippen molar-refractivity contribution in [1.82, 2.24) is 14.8 Å². The minimum absolute atomic E-state index is 0.0948. The van der Waals surface area contributed by atoms with Crippen molar-refractivity contribution in [2.45, 2.75) is 32.8 Å². The first-order valence-electron chi connectivity index (χ1n) is 8.72. The number of fused-ring (bicyclic) bond motifs is 1. The number of β-amino-alcohol motifs (C(OH)–C–C–N with tert-alkyl or cyclic N) is 1. The number of carbonyl (C=O) groups excluding carboxylic acids is 1. The van der Waals surface area contributed by atoms with Crippen LogP contribution in [0.1, 0.15) is 36.7 Å². The first-order valence-corrected chi connectivity index (χ1v) is 8.72. The van der Waals surface area contributed by atoms with Gasteiger partial charge in [0.25, 0.3) is 5.91 Å². The zero-order valence-corrected chi connectivity index (χ0v) is 14.8. The molecule has 0 unspecified atom stereocenters. The van der Waals surface area contributed by atoms with E-state index in [-0.39, 0.29) is 5.91 Å². The third-order valence-electron chi connectivity index (χ3n) is 4.68. The second-order valence-electron chi connectivity index (χ2n) is 7.28. The third-order valence-corrected chi connectivity index (χ3v) is 4.68. The van der Waals surface area contributed by atoms with Crippen molar-refractivity contribution in [2.24, 2.45) is 0 Å². The van der Waals surface area contributed by atoms with E-state index in [1.54, 1.807) is 0 Å². The van der Waals surface area contributed by atoms with Gasteiger partial charge in [-0.05, 0) is 25.8 Å². The molecule has 5 heteroatoms. The number of nitrogens with one attached hydrogen (secondary N) is 1. The third kappa shape index (κ3) is 3.47. The van der Waals surface area contributed by atoms with E-state index in [2.05, 4.69) is 22.9 Å². The van der Waals surface area contributed by atoms with Gasteiger partial charge in [0.15, 0.2) is 0 Å². The van der Waals surface area contributed by atoms with E-state index in [4.69, 9.17) is 0 Å². The number of carbonyl (C=O) groups is 1. The summed E-state index contributed by atoms with van der Waals surface area (Å²) in [7, 11) is 0. The lowest BCUT2D eigenvalue weighted by atomic mass is 10.1. The van der Waals surface area contributed by atoms with Crippen LogP contribution in [0, 0.1) is 0 Å². The monoisotopic (exact) mass is 329 g/mol. The van der Waals surface area contributed by atoms with E-state index < -0.39 is 5.60 Å². The Labute approximate surface area is 143 Å². The second kappa shape index (κ2) is 6.57. The molecule has 2 heterocycles. The molecule has 2 aromatic rings. The van der Waals surface area contributed by atoms with E-state index in [1.807, 2.05) is 37.1 Å². The molecule has 5 nitrogen and oxygen atoms in total. The number of piperazine rings is 1. The van der Waals surface area contributed by atoms with Gasteiger partial charge in [-0.1, -0.05) is 25.1 Å². The predicted octanol–water partition coefficient (Wildman–Crippen LogP) is 2.26. The molecule has 3 rings (SSSR count). The molecule has 1 aliphatic rings. The molecule has 0 atom stereocenters. The van der Waals surface area contributed by atoms with Crippen LogP contribution in [0.25, 0.3) is 10.9 Å². The average Bonchev–Trinajstić information content (AvgIpc) is 2.97. The van der Waals surface area contributed by atoms with Crippen molar-refractivity contribution in [1.29, 1.82) is 0 Å². The molecule has 1 aromatic carbocycles. The quantitative estimate of drug-likeness (QED) is 0.904. The summed E-state index contributed by atoms with van der Waals surface area (Å²) in [5, 5.41) is 10.9. The Morgan fingerprint density at radius 2 is 1.96 bits per heavy atom. The van der Waals surface area contributed by atoms with Crippen LogP contribution in [0.3, 0.4) is 0 Å². The Bertz CT molecular complexity index is 722. The molecule has 1 saturated heterocycles. The molecule has 1 aliphatic heterocycles. The molecule has 0 radical (unpaired) electrons. The van der Waals surface area contributed by atoms with Crippen LogP contribution in [0.4, 0.5) is 0 Å². The highest BCUT2D eigenvalue weighted by Crippen LogP contribution is 2.24. The van der Waals surface area contributed by atoms with Gasteiger partial charge in [0.2, 0.25) is 0 Å². The summed E-state index contributed by atoms with van der Waals surface area (Å²) in [6.45, 7) is 9.42. The van der Waals surface area contributed by atoms with Gasteiger partial charge >= 0.3 is 0 Å². The van der Waals surface area contributed by atoms with Crippen LogP contribution in [-0.2, 0) is 6.42 Å². The zero-order valence-electron chi connectivity index (χ0n) is 14.8. The summed E-state index contributed by atoms with van der Waals surface area (Å²) < 4.78 is 0. The molecule has 0 saturated carbocycles. The molecule has 1 aromatic heterocycles. The van der Waals surface area contributed by atoms with Crippen LogP contribution in [0.2, 0.25) is 0 Å². The lowest BCUT2D eigenvalue weighted by Gasteiger charge is -2.37. The lowest BCUT2D eigenvalue weighted by molar-refractivity contribution is 0.0179. The Kier molecular flexibility index (Phi) is 4.65. The van der Waals surface area contributed by atoms with Gasteiger partial charge in [-0.15, -0.1) is 0 Å². The summed E-state index contributed by atoms with van der Waals surface area (Å²) in [5.41, 5.74) is 2.38. The van der Waals surface area contributed by atoms with Crippen LogP contribution >= 0.6 is 0 Å². The maximum absolute atomic E-state index is 12.9. The van der Waals surface area contributed by atoms with Crippen LogP contribution in [0.15, 0.2) is 24.4 Å². The highest BCUT2D eigenvalue weighted by atomic mass is 16.3. The fourth-order valence-corrected chi connectivity index (χ4v) is 3.52. The fraction of sp³-hybridized carbons (Fsp3) is 0.526. The number of aliphatic hydroxyl groups is 1. The van der Waals surface area contributed by atoms with Crippen LogP contribution < -0.4 is 0 Å². The van der Waals surface area contributed by atoms with Crippen LogP contribution in [-0.4, -0.2) is 64.1 Å². The molecule has 0 spiro atoms. The predicted molar refractivity (Wildman–Crippen MR) is 96.3 cm³/mol. The van der Waals surface area contributed by atoms with Gasteiger partial charge in [0.05, 0.1) is 11.2 Å². The largest absolute Gasteiger partial charge is 0.389 e. The number of aromatic nitrogens is 1. The number of nitrogens with zero attached hydrogens (tertiary/aromatic N) is 2. The second-order valence-corrected chi connectivity index (χ2v) is 7.28. The first kappa shape index (κ1) is 17.0. The van der Waals surface area contributed by atoms with E-state index in [9.17, 15) is 9.90 Å². The normalized spacial score (nSPS) is 16.8. The number of rotatable bonds is 4. The molecule has 0 aliphatic carbocycles. The maximum atomic E-state index is 12.9. The van der Waals surface area contributed by atoms with Crippen LogP contribution in [0.5, 0.6) is 0 Å². The van der Waals surface area contributed by atoms with Crippen molar-refractivity contribution in [3.63, 3.8) is 0 Å². The Morgan fingerprint density at radius 3 is 2.58 bits per heavy atom. The maximum Gasteiger partial charge on any atom is 0.256 e. The molecular formula is C19H27N3O2. The number of amides is 1. The van der Waals surface area contributed by atoms with Gasteiger partial charge in [0.1, 0.15) is 0 Å². The van der Waals surface area contributed by atoms with Crippen molar-refractivity contribution in [3.8, 4) is 0 Å². The lowest BCUT2D eigenvalue weighted by Crippen LogP contribution is -2.51. The van der Waals surface area contributed by atoms with Gasteiger partial charge in [-0.25, -0.2) is 0 Å². The van der Waals surface area contributed by atoms with Gasteiger partial charge in [0, 0.05) is 49.8 Å². The zero-order chi connectivity index (χ0) is 17.3. The SMILES string of the molecule is CCc1cccc2c(C(=O)N3CCN(CC(C)(C)O)CC3)c[nH]c12. The summed E-state index contributed by atoms with van der Waals surface area (Å²) >= 11 is 0. The standard InChI is InChI=1S/C19H27N3O2/c1-4-14-6-5-7-15-16(12-20-17(14)15)18(23)22-10-8-21(9-11-22)13-19(2,3)24/h5-7,12,20,24H,4,8-11,13H2,1-3H3. The van der Waals surface area contributed by atoms with Gasteiger partial charge < -0.3 is 15.0 Å². The van der Waals surface area contributed by atoms with E-state index in [1.165, 1.54) is 5.56 Å². The van der Waals surface area contributed by atoms with Crippen molar-refractivity contribution < 1.29 is 9.90 Å². The first-order chi connectivity index (χ1) is 11.4. The number of para-hydroxylation sites is 1. The number of H-pyrrole nitrogens is 1. The van der Waals surface area contributed by atoms with E-state index in [0.717, 1.165) is 36.0 Å². The summed E-state index contributed by atoms with van der Waals surface area (Å²) in [5.74, 6) is 0.0948. The minimum Gasteiger partial charge on any atom is -0.389 e. The summed E-state index contributed by atoms with van der Waals surface area (Å²) in [6.07, 6.45) is 2.79. The Morgan fingerprint density at radius 1 is 1.25 bits per heavy atom. The highest BCUT2D eigenvalue weighted by molar-refractivity contribution is 6.07. The van der Waals surface area contributed by atoms with Crippen molar-refractivity contribution in [3.05, 3.63) is 35.5 Å². The molecule has 1 amide bonds. The van der Waals surface area contributed by atoms with E-state index in [0.29, 0.717) is 19.6 Å². The van der Waals surface area contributed by atoms with Gasteiger partial charge in [-0.2, -0.15) is 0 Å². The molecule has 1 fully saturated rings. The summed E-state index contributed by atoms with van der Waals surface area (Å²) in [6, 6.07) is 6.14. The number of aryl methyl sites for hydroxylation is 1. The summed E-state index contributed by atoms with van der Waals surface area (Å²) in [4.78, 5) is 20.3. The van der Waals surface area contributed by atoms with Crippen molar-refractivity contribution >= 4 is 16.8 Å². The Hall–Kier alpha value is -1.85. The van der Waals surface area contributed by atoms with Gasteiger partial charge in [-0.3, -0.25) is 9.69 Å². The van der Waals surface area contributed by atoms with E-state index >= 15 is 0 Å². The highest BCUT2D eigenvalue weighted by Gasteiger charge is 2.26. The Balaban J connectivity index is 1.72. The number of benzene rings is 1. The average molecular weight is 329 g/mol. The molecular weight excluding hydrogens is 302 g/mol. The molecule has 130 valence electrons.